The van der Waals surface area contributed by atoms with Crippen molar-refractivity contribution in [2.24, 2.45) is 11.3 Å². The second-order valence-corrected chi connectivity index (χ2v) is 12.0. The lowest BCUT2D eigenvalue weighted by Crippen LogP contribution is -2.85. The zero-order valence-electron chi connectivity index (χ0n) is 24.9. The van der Waals surface area contributed by atoms with Gasteiger partial charge in [-0.05, 0) is 32.4 Å². The molecule has 2 bridgehead atoms. The Hall–Kier alpha value is -3.36. The predicted octanol–water partition coefficient (Wildman–Crippen LogP) is 0.254. The van der Waals surface area contributed by atoms with Crippen LogP contribution in [0, 0.1) is 11.3 Å². The summed E-state index contributed by atoms with van der Waals surface area (Å²) in [5, 5.41) is 35.7. The highest BCUT2D eigenvalue weighted by molar-refractivity contribution is 5.87. The molecule has 3 fully saturated rings. The van der Waals surface area contributed by atoms with Crippen molar-refractivity contribution >= 4 is 30.0 Å². The van der Waals surface area contributed by atoms with Gasteiger partial charge in [0.1, 0.15) is 35.9 Å². The van der Waals surface area contributed by atoms with Crippen LogP contribution in [0.15, 0.2) is 36.4 Å². The Balaban J connectivity index is 0.00000506. The SMILES string of the molecule is CC(=O)OC[C@]12[C@H](OC(C)=O)[C@@H](O)[C@@H]3[C@@H](O)[C@]1(OC3(C)C)[C@@](C)(O)C[C@H](OC(C)=O)[C@@H]2OC(=O)/C=C/c1ccccc1.O. The van der Waals surface area contributed by atoms with Crippen molar-refractivity contribution in [3.05, 3.63) is 42.0 Å². The maximum Gasteiger partial charge on any atom is 0.331 e. The fraction of sp³-hybridized carbons (Fsp3) is 0.600. The molecule has 1 saturated heterocycles. The van der Waals surface area contributed by atoms with Crippen LogP contribution in [0.25, 0.3) is 6.08 Å². The van der Waals surface area contributed by atoms with Crippen molar-refractivity contribution in [2.75, 3.05) is 6.61 Å². The Morgan fingerprint density at radius 2 is 1.53 bits per heavy atom. The van der Waals surface area contributed by atoms with Crippen LogP contribution in [-0.4, -0.2) is 98.6 Å². The van der Waals surface area contributed by atoms with Gasteiger partial charge < -0.3 is 44.5 Å². The number of esters is 4. The minimum atomic E-state index is -2.18. The number of carbonyl (C=O) groups excluding carboxylic acids is 4. The van der Waals surface area contributed by atoms with Gasteiger partial charge in [0.05, 0.1) is 17.3 Å². The van der Waals surface area contributed by atoms with E-state index < -0.39 is 95.6 Å². The van der Waals surface area contributed by atoms with E-state index >= 15 is 0 Å². The maximum absolute atomic E-state index is 13.4. The fourth-order valence-corrected chi connectivity index (χ4v) is 7.37. The summed E-state index contributed by atoms with van der Waals surface area (Å²) in [7, 11) is 0. The molecular weight excluding hydrogens is 568 g/mol. The molecular formula is C30H40O13. The summed E-state index contributed by atoms with van der Waals surface area (Å²) in [6.45, 7) is 7.06. The van der Waals surface area contributed by atoms with Crippen LogP contribution in [0.2, 0.25) is 0 Å². The molecule has 1 heterocycles. The van der Waals surface area contributed by atoms with E-state index in [-0.39, 0.29) is 5.48 Å². The Morgan fingerprint density at radius 1 is 0.930 bits per heavy atom. The fourth-order valence-electron chi connectivity index (χ4n) is 7.37. The molecule has 1 aromatic rings. The van der Waals surface area contributed by atoms with Crippen molar-refractivity contribution in [2.45, 2.75) is 95.3 Å². The van der Waals surface area contributed by atoms with Gasteiger partial charge in [-0.15, -0.1) is 0 Å². The first-order chi connectivity index (χ1) is 19.5. The zero-order valence-corrected chi connectivity index (χ0v) is 24.9. The molecule has 2 aliphatic carbocycles. The first-order valence-corrected chi connectivity index (χ1v) is 13.7. The van der Waals surface area contributed by atoms with Crippen LogP contribution in [0.5, 0.6) is 0 Å². The third kappa shape index (κ3) is 5.55. The van der Waals surface area contributed by atoms with Crippen LogP contribution in [0.4, 0.5) is 0 Å². The second kappa shape index (κ2) is 12.0. The summed E-state index contributed by atoms with van der Waals surface area (Å²) in [5.41, 5.74) is -7.05. The molecule has 13 heteroatoms. The second-order valence-electron chi connectivity index (χ2n) is 12.0. The van der Waals surface area contributed by atoms with Gasteiger partial charge in [0.2, 0.25) is 0 Å². The van der Waals surface area contributed by atoms with E-state index in [1.165, 1.54) is 13.0 Å². The monoisotopic (exact) mass is 608 g/mol. The summed E-state index contributed by atoms with van der Waals surface area (Å²) in [6, 6.07) is 8.84. The van der Waals surface area contributed by atoms with Crippen molar-refractivity contribution < 1.29 is 63.7 Å². The van der Waals surface area contributed by atoms with E-state index in [1.807, 2.05) is 0 Å². The van der Waals surface area contributed by atoms with E-state index in [9.17, 15) is 34.5 Å². The van der Waals surface area contributed by atoms with Crippen LogP contribution in [0.3, 0.4) is 0 Å². The van der Waals surface area contributed by atoms with E-state index in [2.05, 4.69) is 0 Å². The molecule has 1 spiro atoms. The molecule has 238 valence electrons. The summed E-state index contributed by atoms with van der Waals surface area (Å²) in [4.78, 5) is 50.4. The molecule has 0 aromatic heterocycles. The third-order valence-corrected chi connectivity index (χ3v) is 8.68. The number of benzene rings is 1. The summed E-state index contributed by atoms with van der Waals surface area (Å²) < 4.78 is 29.2. The van der Waals surface area contributed by atoms with Crippen molar-refractivity contribution in [1.82, 2.24) is 0 Å². The van der Waals surface area contributed by atoms with Gasteiger partial charge in [0.25, 0.3) is 0 Å². The smallest absolute Gasteiger partial charge is 0.331 e. The highest BCUT2D eigenvalue weighted by atomic mass is 16.6. The normalized spacial score (nSPS) is 37.4. The van der Waals surface area contributed by atoms with Gasteiger partial charge in [-0.2, -0.15) is 0 Å². The Kier molecular flexibility index (Phi) is 9.50. The Bertz CT molecular complexity index is 1260. The van der Waals surface area contributed by atoms with Crippen LogP contribution >= 0.6 is 0 Å². The van der Waals surface area contributed by atoms with Gasteiger partial charge in [-0.1, -0.05) is 30.3 Å². The minimum absolute atomic E-state index is 0. The van der Waals surface area contributed by atoms with Crippen LogP contribution < -0.4 is 0 Å². The van der Waals surface area contributed by atoms with Crippen LogP contribution in [-0.2, 0) is 42.9 Å². The summed E-state index contributed by atoms with van der Waals surface area (Å²) in [5.74, 6) is -4.47. The van der Waals surface area contributed by atoms with E-state index in [4.69, 9.17) is 23.7 Å². The molecule has 0 radical (unpaired) electrons. The number of fused-ring (bicyclic) bond motifs is 1. The van der Waals surface area contributed by atoms with E-state index in [0.717, 1.165) is 26.8 Å². The lowest BCUT2D eigenvalue weighted by molar-refractivity contribution is -0.363. The standard InChI is InChI=1S/C30H38O12.H2O/c1-16(31)38-15-29-25(41-21(34)13-12-19-10-8-7-9-11-19)20(39-17(2)32)14-28(6,37)30(29)24(36)22(27(4,5)42-30)23(35)26(29)40-18(3)33;/h7-13,20,22-26,35-37H,14-15H2,1-6H3;1H2/b13-12+;/t20-,22+,23-,24+,25-,26+,28-,29-,30-;/m0./s1. The first-order valence-electron chi connectivity index (χ1n) is 13.7. The van der Waals surface area contributed by atoms with E-state index in [0.29, 0.717) is 5.56 Å². The van der Waals surface area contributed by atoms with Crippen molar-refractivity contribution in [3.63, 3.8) is 0 Å². The molecule has 0 unspecified atom stereocenters. The lowest BCUT2D eigenvalue weighted by Gasteiger charge is -2.66. The molecule has 2 saturated carbocycles. The average molecular weight is 609 g/mol. The maximum atomic E-state index is 13.4. The molecule has 43 heavy (non-hydrogen) atoms. The third-order valence-electron chi connectivity index (χ3n) is 8.68. The number of rotatable bonds is 7. The number of aliphatic hydroxyl groups excluding tert-OH is 2. The van der Waals surface area contributed by atoms with Crippen molar-refractivity contribution in [1.29, 1.82) is 0 Å². The van der Waals surface area contributed by atoms with Gasteiger partial charge in [-0.25, -0.2) is 4.79 Å². The number of ether oxygens (including phenoxy) is 5. The highest BCUT2D eigenvalue weighted by Crippen LogP contribution is 2.68. The molecule has 0 amide bonds. The van der Waals surface area contributed by atoms with Gasteiger partial charge in [-0.3, -0.25) is 14.4 Å². The largest absolute Gasteiger partial charge is 0.465 e. The predicted molar refractivity (Wildman–Crippen MR) is 148 cm³/mol. The molecule has 4 rings (SSSR count). The number of hydrogen-bond acceptors (Lipinski definition) is 12. The Labute approximate surface area is 249 Å². The highest BCUT2D eigenvalue weighted by Gasteiger charge is 2.87. The first kappa shape index (κ1) is 34.1. The van der Waals surface area contributed by atoms with Crippen LogP contribution in [0.1, 0.15) is 53.5 Å². The molecule has 5 N–H and O–H groups in total. The molecule has 1 aliphatic heterocycles. The van der Waals surface area contributed by atoms with Gasteiger partial charge in [0.15, 0.2) is 6.10 Å². The molecule has 9 atom stereocenters. The summed E-state index contributed by atoms with van der Waals surface area (Å²) >= 11 is 0. The molecule has 3 aliphatic rings. The summed E-state index contributed by atoms with van der Waals surface area (Å²) in [6.07, 6.45) is -5.81. The zero-order chi connectivity index (χ0) is 31.3. The van der Waals surface area contributed by atoms with E-state index in [1.54, 1.807) is 44.2 Å². The minimum Gasteiger partial charge on any atom is -0.465 e. The lowest BCUT2D eigenvalue weighted by atomic mass is 9.46. The number of hydrogen-bond donors (Lipinski definition) is 3. The van der Waals surface area contributed by atoms with Gasteiger partial charge in [0, 0.05) is 39.2 Å². The average Bonchev–Trinajstić information content (AvgIpc) is 3.06. The Morgan fingerprint density at radius 3 is 2.09 bits per heavy atom. The van der Waals surface area contributed by atoms with Crippen molar-refractivity contribution in [3.8, 4) is 0 Å². The number of aliphatic hydroxyl groups is 3. The molecule has 1 aromatic carbocycles. The van der Waals surface area contributed by atoms with Gasteiger partial charge >= 0.3 is 23.9 Å². The topological polar surface area (TPSA) is 207 Å². The molecule has 13 nitrogen and oxygen atoms in total. The quantitative estimate of drug-likeness (QED) is 0.216. The number of carbonyl (C=O) groups is 4.